The molecule has 92 valence electrons. The van der Waals surface area contributed by atoms with Gasteiger partial charge in [-0.2, -0.15) is 0 Å². The zero-order valence-electron chi connectivity index (χ0n) is 9.58. The fraction of sp³-hybridized carbons (Fsp3) is 0.0769. The first kappa shape index (κ1) is 12.1. The Morgan fingerprint density at radius 3 is 2.11 bits per heavy atom. The van der Waals surface area contributed by atoms with Crippen LogP contribution in [0.5, 0.6) is 0 Å². The Balaban J connectivity index is 2.20. The van der Waals surface area contributed by atoms with Gasteiger partial charge in [0.05, 0.1) is 4.90 Å². The predicted octanol–water partition coefficient (Wildman–Crippen LogP) is 3.71. The van der Waals surface area contributed by atoms with E-state index in [0.29, 0.717) is 4.90 Å². The maximum Gasteiger partial charge on any atom is 0.176 e. The molecule has 0 radical (unpaired) electrons. The van der Waals surface area contributed by atoms with Crippen LogP contribution in [0.4, 0.5) is 0 Å². The molecule has 0 fully saturated rings. The number of hydrogen-bond acceptors (Lipinski definition) is 4. The van der Waals surface area contributed by atoms with Crippen molar-refractivity contribution in [3.8, 4) is 0 Å². The Kier molecular flexibility index (Phi) is 2.92. The summed E-state index contributed by atoms with van der Waals surface area (Å²) in [4.78, 5) is 4.59. The van der Waals surface area contributed by atoms with Crippen molar-refractivity contribution in [3.05, 3.63) is 42.5 Å². The van der Waals surface area contributed by atoms with E-state index in [1.165, 1.54) is 22.9 Å². The molecule has 0 saturated carbocycles. The standard InChI is InChI=1S/C13H10O2S3/c1-18(14,15)12-8-4-7-11-13(12)17-10-6-3-2-5-9(10)16-11/h2-8H,1H3. The van der Waals surface area contributed by atoms with E-state index in [-0.39, 0.29) is 0 Å². The molecule has 2 nitrogen and oxygen atoms in total. The number of hydrogen-bond donors (Lipinski definition) is 0. The minimum absolute atomic E-state index is 0.423. The minimum Gasteiger partial charge on any atom is -0.224 e. The van der Waals surface area contributed by atoms with Crippen LogP contribution in [0.15, 0.2) is 66.9 Å². The number of fused-ring (bicyclic) bond motifs is 2. The molecule has 3 rings (SSSR count). The highest BCUT2D eigenvalue weighted by Gasteiger charge is 2.23. The van der Waals surface area contributed by atoms with Crippen LogP contribution in [0.1, 0.15) is 0 Å². The largest absolute Gasteiger partial charge is 0.224 e. The molecule has 1 heterocycles. The van der Waals surface area contributed by atoms with Crippen LogP contribution in [0.2, 0.25) is 0 Å². The van der Waals surface area contributed by atoms with Crippen LogP contribution in [0.25, 0.3) is 0 Å². The summed E-state index contributed by atoms with van der Waals surface area (Å²) in [6, 6.07) is 13.5. The van der Waals surface area contributed by atoms with E-state index in [4.69, 9.17) is 0 Å². The van der Waals surface area contributed by atoms with Crippen molar-refractivity contribution in [2.75, 3.05) is 6.26 Å². The van der Waals surface area contributed by atoms with E-state index in [0.717, 1.165) is 14.7 Å². The highest BCUT2D eigenvalue weighted by molar-refractivity contribution is 8.05. The van der Waals surface area contributed by atoms with Gasteiger partial charge in [-0.3, -0.25) is 0 Å². The second-order valence-corrected chi connectivity index (χ2v) is 8.13. The Morgan fingerprint density at radius 2 is 1.44 bits per heavy atom. The van der Waals surface area contributed by atoms with Gasteiger partial charge in [-0.05, 0) is 24.3 Å². The molecule has 0 amide bonds. The molecule has 0 N–H and O–H groups in total. The summed E-state index contributed by atoms with van der Waals surface area (Å²) in [6.45, 7) is 0. The normalized spacial score (nSPS) is 13.8. The first-order valence-corrected chi connectivity index (χ1v) is 8.86. The summed E-state index contributed by atoms with van der Waals surface area (Å²) in [7, 11) is -3.18. The molecule has 5 heteroatoms. The van der Waals surface area contributed by atoms with Gasteiger partial charge in [0.15, 0.2) is 9.84 Å². The first-order chi connectivity index (χ1) is 8.55. The summed E-state index contributed by atoms with van der Waals surface area (Å²) < 4.78 is 23.6. The molecule has 18 heavy (non-hydrogen) atoms. The SMILES string of the molecule is CS(=O)(=O)c1cccc2c1Sc1ccccc1S2. The molecule has 0 aromatic heterocycles. The van der Waals surface area contributed by atoms with E-state index >= 15 is 0 Å². The third kappa shape index (κ3) is 2.06. The van der Waals surface area contributed by atoms with Crippen molar-refractivity contribution in [2.24, 2.45) is 0 Å². The molecule has 2 aromatic carbocycles. The van der Waals surface area contributed by atoms with Crippen molar-refractivity contribution in [3.63, 3.8) is 0 Å². The van der Waals surface area contributed by atoms with Crippen molar-refractivity contribution < 1.29 is 8.42 Å². The monoisotopic (exact) mass is 294 g/mol. The highest BCUT2D eigenvalue weighted by Crippen LogP contribution is 2.50. The van der Waals surface area contributed by atoms with E-state index in [1.807, 2.05) is 24.3 Å². The van der Waals surface area contributed by atoms with Gasteiger partial charge < -0.3 is 0 Å². The molecule has 1 aliphatic rings. The van der Waals surface area contributed by atoms with Gasteiger partial charge in [0.1, 0.15) is 0 Å². The number of benzene rings is 2. The van der Waals surface area contributed by atoms with Crippen LogP contribution in [0.3, 0.4) is 0 Å². The van der Waals surface area contributed by atoms with E-state index in [1.54, 1.807) is 23.9 Å². The molecule has 0 saturated heterocycles. The van der Waals surface area contributed by atoms with Crippen LogP contribution < -0.4 is 0 Å². The lowest BCUT2D eigenvalue weighted by Crippen LogP contribution is -2.02. The van der Waals surface area contributed by atoms with Gasteiger partial charge in [0, 0.05) is 25.8 Å². The summed E-state index contributed by atoms with van der Waals surface area (Å²) in [5, 5.41) is 0. The summed E-state index contributed by atoms with van der Waals surface area (Å²) in [5.74, 6) is 0. The summed E-state index contributed by atoms with van der Waals surface area (Å²) in [6.07, 6.45) is 1.26. The van der Waals surface area contributed by atoms with Crippen molar-refractivity contribution in [1.29, 1.82) is 0 Å². The zero-order valence-corrected chi connectivity index (χ0v) is 12.0. The van der Waals surface area contributed by atoms with Gasteiger partial charge in [-0.1, -0.05) is 41.7 Å². The molecular formula is C13H10O2S3. The van der Waals surface area contributed by atoms with Crippen LogP contribution >= 0.6 is 23.5 Å². The Bertz CT molecular complexity index is 721. The van der Waals surface area contributed by atoms with Gasteiger partial charge in [-0.25, -0.2) is 8.42 Å². The van der Waals surface area contributed by atoms with E-state index in [9.17, 15) is 8.42 Å². The minimum atomic E-state index is -3.18. The van der Waals surface area contributed by atoms with E-state index < -0.39 is 9.84 Å². The second kappa shape index (κ2) is 4.33. The lowest BCUT2D eigenvalue weighted by Gasteiger charge is -2.19. The van der Waals surface area contributed by atoms with Crippen LogP contribution in [-0.2, 0) is 9.84 Å². The Morgan fingerprint density at radius 1 is 0.833 bits per heavy atom. The maximum absolute atomic E-state index is 11.8. The first-order valence-electron chi connectivity index (χ1n) is 5.33. The topological polar surface area (TPSA) is 34.1 Å². The van der Waals surface area contributed by atoms with Gasteiger partial charge in [-0.15, -0.1) is 0 Å². The molecule has 0 aliphatic carbocycles. The summed E-state index contributed by atoms with van der Waals surface area (Å²) >= 11 is 3.16. The number of sulfone groups is 1. The Hall–Kier alpha value is -0.910. The van der Waals surface area contributed by atoms with Gasteiger partial charge in [0.2, 0.25) is 0 Å². The average Bonchev–Trinajstić information content (AvgIpc) is 2.34. The smallest absolute Gasteiger partial charge is 0.176 e. The van der Waals surface area contributed by atoms with E-state index in [2.05, 4.69) is 6.07 Å². The third-order valence-electron chi connectivity index (χ3n) is 2.62. The predicted molar refractivity (Wildman–Crippen MR) is 74.2 cm³/mol. The molecule has 0 spiro atoms. The Labute approximate surface area is 115 Å². The lowest BCUT2D eigenvalue weighted by molar-refractivity contribution is 0.599. The molecular weight excluding hydrogens is 284 g/mol. The quantitative estimate of drug-likeness (QED) is 0.685. The van der Waals surface area contributed by atoms with Crippen LogP contribution in [0, 0.1) is 0 Å². The summed E-state index contributed by atoms with van der Waals surface area (Å²) in [5.41, 5.74) is 0. The third-order valence-corrected chi connectivity index (χ3v) is 6.51. The molecule has 2 aromatic rings. The average molecular weight is 294 g/mol. The second-order valence-electron chi connectivity index (χ2n) is 4.01. The molecule has 0 bridgehead atoms. The van der Waals surface area contributed by atoms with Crippen molar-refractivity contribution in [1.82, 2.24) is 0 Å². The van der Waals surface area contributed by atoms with Crippen LogP contribution in [-0.4, -0.2) is 14.7 Å². The lowest BCUT2D eigenvalue weighted by atomic mass is 10.3. The maximum atomic E-state index is 11.8. The fourth-order valence-corrected chi connectivity index (χ4v) is 5.51. The van der Waals surface area contributed by atoms with Crippen molar-refractivity contribution >= 4 is 33.4 Å². The van der Waals surface area contributed by atoms with Gasteiger partial charge in [0.25, 0.3) is 0 Å². The van der Waals surface area contributed by atoms with Crippen molar-refractivity contribution in [2.45, 2.75) is 24.5 Å². The molecule has 0 unspecified atom stereocenters. The number of rotatable bonds is 1. The molecule has 1 aliphatic heterocycles. The fourth-order valence-electron chi connectivity index (χ4n) is 1.82. The zero-order chi connectivity index (χ0) is 12.8. The highest BCUT2D eigenvalue weighted by atomic mass is 32.2. The molecule has 0 atom stereocenters. The van der Waals surface area contributed by atoms with Gasteiger partial charge >= 0.3 is 0 Å².